The summed E-state index contributed by atoms with van der Waals surface area (Å²) in [5, 5.41) is 0. The Bertz CT molecular complexity index is 238. The van der Waals surface area contributed by atoms with Gasteiger partial charge in [-0.25, -0.2) is 0 Å². The Morgan fingerprint density at radius 1 is 1.42 bits per heavy atom. The lowest BCUT2D eigenvalue weighted by molar-refractivity contribution is 0.358. The van der Waals surface area contributed by atoms with Crippen LogP contribution < -0.4 is 0 Å². The average Bonchev–Trinajstić information content (AvgIpc) is 2.88. The largest absolute Gasteiger partial charge is 0.373 e. The molecule has 0 aromatic heterocycles. The Morgan fingerprint density at radius 3 is 2.67 bits per heavy atom. The van der Waals surface area contributed by atoms with Gasteiger partial charge in [0.2, 0.25) is 0 Å². The maximum Gasteiger partial charge on any atom is 0.0844 e. The van der Waals surface area contributed by atoms with Crippen LogP contribution in [0.3, 0.4) is 0 Å². The van der Waals surface area contributed by atoms with E-state index >= 15 is 0 Å². The lowest BCUT2D eigenvalue weighted by atomic mass is 9.99. The molecule has 2 rings (SSSR count). The molecule has 0 spiro atoms. The third-order valence-electron chi connectivity index (χ3n) is 2.15. The summed E-state index contributed by atoms with van der Waals surface area (Å²) in [6, 6.07) is 10.3. The predicted molar refractivity (Wildman–Crippen MR) is 47.7 cm³/mol. The molecule has 0 N–H and O–H groups in total. The van der Waals surface area contributed by atoms with Gasteiger partial charge in [0.1, 0.15) is 0 Å². The summed E-state index contributed by atoms with van der Waals surface area (Å²) in [5.41, 5.74) is 1.29. The first kappa shape index (κ1) is 7.81. The van der Waals surface area contributed by atoms with Crippen molar-refractivity contribution in [2.24, 2.45) is 5.92 Å². The van der Waals surface area contributed by atoms with Crippen LogP contribution in [0.25, 0.3) is 0 Å². The Kier molecular flexibility index (Phi) is 2.13. The average molecular weight is 160 g/mol. The van der Waals surface area contributed by atoms with Gasteiger partial charge in [0.05, 0.1) is 12.7 Å². The SMILES string of the molecule is [CH][C@@H](Cc1ccccc1)[C@H]1CO1. The Morgan fingerprint density at radius 2 is 2.08 bits per heavy atom. The lowest BCUT2D eigenvalue weighted by Crippen LogP contribution is -2.06. The van der Waals surface area contributed by atoms with Gasteiger partial charge in [-0.05, 0) is 24.8 Å². The van der Waals surface area contributed by atoms with Crippen LogP contribution in [0.5, 0.6) is 0 Å². The van der Waals surface area contributed by atoms with Crippen molar-refractivity contribution in [2.45, 2.75) is 12.5 Å². The van der Waals surface area contributed by atoms with Crippen LogP contribution in [0.4, 0.5) is 0 Å². The zero-order valence-corrected chi connectivity index (χ0v) is 6.94. The molecule has 1 aromatic carbocycles. The molecule has 1 saturated heterocycles. The number of rotatable bonds is 3. The Labute approximate surface area is 73.4 Å². The summed E-state index contributed by atoms with van der Waals surface area (Å²) in [4.78, 5) is 0. The Hall–Kier alpha value is -0.820. The van der Waals surface area contributed by atoms with Crippen molar-refractivity contribution in [2.75, 3.05) is 6.61 Å². The second-order valence-corrected chi connectivity index (χ2v) is 3.23. The summed E-state index contributed by atoms with van der Waals surface area (Å²) in [7, 11) is 0. The van der Waals surface area contributed by atoms with Crippen molar-refractivity contribution in [1.82, 2.24) is 0 Å². The highest BCUT2D eigenvalue weighted by molar-refractivity contribution is 5.16. The van der Waals surface area contributed by atoms with Gasteiger partial charge in [-0.1, -0.05) is 30.3 Å². The van der Waals surface area contributed by atoms with Crippen LogP contribution in [-0.2, 0) is 11.2 Å². The quantitative estimate of drug-likeness (QED) is 0.616. The molecule has 1 heterocycles. The lowest BCUT2D eigenvalue weighted by Gasteiger charge is -2.06. The molecule has 0 unspecified atom stereocenters. The molecule has 12 heavy (non-hydrogen) atoms. The fourth-order valence-electron chi connectivity index (χ4n) is 1.32. The maximum atomic E-state index is 5.89. The van der Waals surface area contributed by atoms with E-state index in [2.05, 4.69) is 12.1 Å². The van der Waals surface area contributed by atoms with E-state index in [-0.39, 0.29) is 5.92 Å². The fourth-order valence-corrected chi connectivity index (χ4v) is 1.32. The summed E-state index contributed by atoms with van der Waals surface area (Å²) >= 11 is 0. The van der Waals surface area contributed by atoms with Crippen LogP contribution in [0.1, 0.15) is 5.56 Å². The van der Waals surface area contributed by atoms with Crippen LogP contribution in [-0.4, -0.2) is 12.7 Å². The number of ether oxygens (including phenoxy) is 1. The van der Waals surface area contributed by atoms with E-state index in [0.29, 0.717) is 6.10 Å². The predicted octanol–water partition coefficient (Wildman–Crippen LogP) is 1.96. The molecule has 1 aliphatic heterocycles. The molecule has 1 aromatic rings. The molecule has 2 atom stereocenters. The third kappa shape index (κ3) is 1.86. The third-order valence-corrected chi connectivity index (χ3v) is 2.15. The van der Waals surface area contributed by atoms with Crippen molar-refractivity contribution >= 4 is 0 Å². The van der Waals surface area contributed by atoms with E-state index in [4.69, 9.17) is 11.7 Å². The number of hydrogen-bond acceptors (Lipinski definition) is 1. The molecule has 2 radical (unpaired) electrons. The van der Waals surface area contributed by atoms with Gasteiger partial charge in [-0.3, -0.25) is 0 Å². The van der Waals surface area contributed by atoms with Gasteiger partial charge in [-0.15, -0.1) is 0 Å². The minimum Gasteiger partial charge on any atom is -0.373 e. The van der Waals surface area contributed by atoms with E-state index in [1.165, 1.54) is 5.56 Å². The van der Waals surface area contributed by atoms with Gasteiger partial charge in [-0.2, -0.15) is 0 Å². The van der Waals surface area contributed by atoms with Crippen molar-refractivity contribution in [3.05, 3.63) is 42.8 Å². The van der Waals surface area contributed by atoms with Crippen LogP contribution in [0, 0.1) is 12.8 Å². The maximum absolute atomic E-state index is 5.89. The van der Waals surface area contributed by atoms with Gasteiger partial charge in [0, 0.05) is 0 Å². The second-order valence-electron chi connectivity index (χ2n) is 3.23. The molecule has 0 aliphatic carbocycles. The molecule has 0 saturated carbocycles. The molecular formula is C11H12O. The van der Waals surface area contributed by atoms with Crippen LogP contribution >= 0.6 is 0 Å². The first-order valence-corrected chi connectivity index (χ1v) is 4.27. The Balaban J connectivity index is 1.94. The molecular weight excluding hydrogens is 148 g/mol. The molecule has 0 bridgehead atoms. The van der Waals surface area contributed by atoms with Crippen molar-refractivity contribution in [3.63, 3.8) is 0 Å². The van der Waals surface area contributed by atoms with Gasteiger partial charge < -0.3 is 4.74 Å². The molecule has 1 nitrogen and oxygen atoms in total. The van der Waals surface area contributed by atoms with E-state index in [1.807, 2.05) is 18.2 Å². The van der Waals surface area contributed by atoms with Crippen molar-refractivity contribution < 1.29 is 4.74 Å². The second kappa shape index (κ2) is 3.28. The van der Waals surface area contributed by atoms with Gasteiger partial charge >= 0.3 is 0 Å². The number of hydrogen-bond donors (Lipinski definition) is 0. The molecule has 0 amide bonds. The minimum atomic E-state index is 0.174. The van der Waals surface area contributed by atoms with E-state index < -0.39 is 0 Å². The first-order valence-electron chi connectivity index (χ1n) is 4.27. The van der Waals surface area contributed by atoms with Crippen LogP contribution in [0.15, 0.2) is 30.3 Å². The normalized spacial score (nSPS) is 23.6. The molecule has 1 heteroatoms. The summed E-state index contributed by atoms with van der Waals surface area (Å²) in [6.45, 7) is 6.73. The zero-order valence-electron chi connectivity index (χ0n) is 6.94. The van der Waals surface area contributed by atoms with E-state index in [0.717, 1.165) is 13.0 Å². The highest BCUT2D eigenvalue weighted by Gasteiger charge is 2.29. The van der Waals surface area contributed by atoms with Crippen molar-refractivity contribution in [1.29, 1.82) is 0 Å². The van der Waals surface area contributed by atoms with Crippen LogP contribution in [0.2, 0.25) is 0 Å². The summed E-state index contributed by atoms with van der Waals surface area (Å²) in [6.07, 6.45) is 1.23. The highest BCUT2D eigenvalue weighted by atomic mass is 16.6. The van der Waals surface area contributed by atoms with Gasteiger partial charge in [0.25, 0.3) is 0 Å². The topological polar surface area (TPSA) is 12.5 Å². The molecule has 62 valence electrons. The summed E-state index contributed by atoms with van der Waals surface area (Å²) < 4.78 is 5.12. The fraction of sp³-hybridized carbons (Fsp3) is 0.364. The zero-order chi connectivity index (χ0) is 8.39. The molecule has 1 fully saturated rings. The standard InChI is InChI=1S/C11H12O/c1-9(11-8-12-11)7-10-5-3-2-4-6-10/h1-6,9,11H,7-8H2/t9-,11+/m0/s1. The van der Waals surface area contributed by atoms with Crippen molar-refractivity contribution in [3.8, 4) is 0 Å². The highest BCUT2D eigenvalue weighted by Crippen LogP contribution is 2.22. The van der Waals surface area contributed by atoms with E-state index in [9.17, 15) is 0 Å². The summed E-state index contributed by atoms with van der Waals surface area (Å²) in [5.74, 6) is 0.174. The number of epoxide rings is 1. The molecule has 1 aliphatic rings. The monoisotopic (exact) mass is 160 g/mol. The minimum absolute atomic E-state index is 0.174. The van der Waals surface area contributed by atoms with Gasteiger partial charge in [0.15, 0.2) is 0 Å². The first-order chi connectivity index (χ1) is 5.86. The number of benzene rings is 1. The smallest absolute Gasteiger partial charge is 0.0844 e. The van der Waals surface area contributed by atoms with E-state index in [1.54, 1.807) is 0 Å².